The molecule has 0 spiro atoms. The first kappa shape index (κ1) is 13.4. The Bertz CT molecular complexity index is 777. The van der Waals surface area contributed by atoms with E-state index < -0.39 is 0 Å². The van der Waals surface area contributed by atoms with Crippen LogP contribution in [0.4, 0.5) is 0 Å². The van der Waals surface area contributed by atoms with Crippen molar-refractivity contribution in [2.75, 3.05) is 0 Å². The zero-order valence-electron chi connectivity index (χ0n) is 11.1. The van der Waals surface area contributed by atoms with E-state index in [2.05, 4.69) is 28.4 Å². The van der Waals surface area contributed by atoms with Crippen LogP contribution in [0.5, 0.6) is 0 Å². The summed E-state index contributed by atoms with van der Waals surface area (Å²) in [5.74, 6) is 1.14. The van der Waals surface area contributed by atoms with Gasteiger partial charge in [0, 0.05) is 5.75 Å². The second kappa shape index (κ2) is 6.25. The van der Waals surface area contributed by atoms with E-state index in [1.165, 1.54) is 17.3 Å². The first-order valence-electron chi connectivity index (χ1n) is 6.36. The van der Waals surface area contributed by atoms with E-state index in [1.54, 1.807) is 12.1 Å². The van der Waals surface area contributed by atoms with Crippen molar-refractivity contribution in [2.45, 2.75) is 11.0 Å². The van der Waals surface area contributed by atoms with Crippen LogP contribution in [0, 0.1) is 11.3 Å². The third-order valence-electron chi connectivity index (χ3n) is 2.89. The summed E-state index contributed by atoms with van der Waals surface area (Å²) >= 11 is 1.48. The number of nitriles is 1. The van der Waals surface area contributed by atoms with Gasteiger partial charge < -0.3 is 4.42 Å². The van der Waals surface area contributed by atoms with Crippen LogP contribution in [0.15, 0.2) is 64.2 Å². The maximum absolute atomic E-state index is 9.09. The van der Waals surface area contributed by atoms with E-state index in [1.807, 2.05) is 30.3 Å². The van der Waals surface area contributed by atoms with Crippen LogP contribution in [-0.4, -0.2) is 10.2 Å². The van der Waals surface area contributed by atoms with E-state index >= 15 is 0 Å². The third-order valence-corrected chi connectivity index (χ3v) is 3.78. The number of benzene rings is 2. The molecular formula is C16H11N3OS. The topological polar surface area (TPSA) is 62.7 Å². The van der Waals surface area contributed by atoms with Crippen LogP contribution >= 0.6 is 11.8 Å². The molecule has 1 aromatic heterocycles. The standard InChI is InChI=1S/C16H11N3OS/c17-10-13-8-4-5-9-14(13)15-18-19-16(20-15)21-11-12-6-2-1-3-7-12/h1-9H,11H2. The highest BCUT2D eigenvalue weighted by Crippen LogP contribution is 2.27. The fraction of sp³-hybridized carbons (Fsp3) is 0.0625. The summed E-state index contributed by atoms with van der Waals surface area (Å²) in [5.41, 5.74) is 2.39. The van der Waals surface area contributed by atoms with Crippen LogP contribution in [0.1, 0.15) is 11.1 Å². The Morgan fingerprint density at radius 2 is 1.76 bits per heavy atom. The highest BCUT2D eigenvalue weighted by atomic mass is 32.2. The van der Waals surface area contributed by atoms with Gasteiger partial charge in [-0.2, -0.15) is 5.26 Å². The van der Waals surface area contributed by atoms with Crippen molar-refractivity contribution in [3.05, 3.63) is 65.7 Å². The smallest absolute Gasteiger partial charge is 0.277 e. The molecule has 4 nitrogen and oxygen atoms in total. The first-order chi connectivity index (χ1) is 10.4. The zero-order valence-corrected chi connectivity index (χ0v) is 11.9. The minimum absolute atomic E-state index is 0.378. The van der Waals surface area contributed by atoms with Gasteiger partial charge in [-0.25, -0.2) is 0 Å². The van der Waals surface area contributed by atoms with Gasteiger partial charge >= 0.3 is 0 Å². The highest BCUT2D eigenvalue weighted by Gasteiger charge is 2.12. The van der Waals surface area contributed by atoms with Crippen LogP contribution in [-0.2, 0) is 5.75 Å². The van der Waals surface area contributed by atoms with E-state index in [0.717, 1.165) is 5.75 Å². The molecule has 0 N–H and O–H groups in total. The fourth-order valence-electron chi connectivity index (χ4n) is 1.86. The van der Waals surface area contributed by atoms with Crippen LogP contribution in [0.2, 0.25) is 0 Å². The Balaban J connectivity index is 1.76. The van der Waals surface area contributed by atoms with Crippen molar-refractivity contribution in [3.63, 3.8) is 0 Å². The number of hydrogen-bond acceptors (Lipinski definition) is 5. The molecule has 3 rings (SSSR count). The lowest BCUT2D eigenvalue weighted by atomic mass is 10.1. The lowest BCUT2D eigenvalue weighted by Gasteiger charge is -1.98. The summed E-state index contributed by atoms with van der Waals surface area (Å²) in [4.78, 5) is 0. The average molecular weight is 293 g/mol. The van der Waals surface area contributed by atoms with Crippen LogP contribution in [0.25, 0.3) is 11.5 Å². The molecule has 5 heteroatoms. The molecule has 102 valence electrons. The van der Waals surface area contributed by atoms with E-state index in [9.17, 15) is 0 Å². The number of hydrogen-bond donors (Lipinski definition) is 0. The molecule has 1 heterocycles. The summed E-state index contributed by atoms with van der Waals surface area (Å²) in [6.07, 6.45) is 0. The summed E-state index contributed by atoms with van der Waals surface area (Å²) in [6, 6.07) is 19.4. The molecule has 0 atom stereocenters. The minimum atomic E-state index is 0.378. The molecule has 21 heavy (non-hydrogen) atoms. The van der Waals surface area contributed by atoms with Crippen molar-refractivity contribution in [3.8, 4) is 17.5 Å². The number of aromatic nitrogens is 2. The SMILES string of the molecule is N#Cc1ccccc1-c1nnc(SCc2ccccc2)o1. The van der Waals surface area contributed by atoms with Gasteiger partial charge in [0.05, 0.1) is 17.2 Å². The molecule has 0 unspecified atom stereocenters. The molecule has 0 amide bonds. The Morgan fingerprint density at radius 1 is 1.00 bits per heavy atom. The maximum atomic E-state index is 9.09. The Hall–Kier alpha value is -2.58. The van der Waals surface area contributed by atoms with Crippen molar-refractivity contribution in [2.24, 2.45) is 0 Å². The molecule has 0 aliphatic carbocycles. The monoisotopic (exact) mass is 293 g/mol. The van der Waals surface area contributed by atoms with Gasteiger partial charge in [-0.3, -0.25) is 0 Å². The summed E-state index contributed by atoms with van der Waals surface area (Å²) in [6.45, 7) is 0. The Kier molecular flexibility index (Phi) is 3.99. The first-order valence-corrected chi connectivity index (χ1v) is 7.35. The highest BCUT2D eigenvalue weighted by molar-refractivity contribution is 7.98. The van der Waals surface area contributed by atoms with Crippen LogP contribution < -0.4 is 0 Å². The Morgan fingerprint density at radius 3 is 2.57 bits per heavy atom. The fourth-order valence-corrected chi connectivity index (χ4v) is 2.58. The molecule has 0 aliphatic heterocycles. The number of thioether (sulfide) groups is 1. The third kappa shape index (κ3) is 3.12. The van der Waals surface area contributed by atoms with Crippen LogP contribution in [0.3, 0.4) is 0 Å². The predicted octanol–water partition coefficient (Wildman–Crippen LogP) is 3.90. The van der Waals surface area contributed by atoms with E-state index in [0.29, 0.717) is 22.2 Å². The molecular weight excluding hydrogens is 282 g/mol. The molecule has 0 fully saturated rings. The molecule has 0 radical (unpaired) electrons. The van der Waals surface area contributed by atoms with Gasteiger partial charge in [0.15, 0.2) is 0 Å². The van der Waals surface area contributed by atoms with Gasteiger partial charge in [0.2, 0.25) is 5.89 Å². The average Bonchev–Trinajstić information content (AvgIpc) is 3.02. The predicted molar refractivity (Wildman–Crippen MR) is 80.5 cm³/mol. The summed E-state index contributed by atoms with van der Waals surface area (Å²) in [5, 5.41) is 17.6. The molecule has 0 saturated heterocycles. The minimum Gasteiger partial charge on any atom is -0.411 e. The quantitative estimate of drug-likeness (QED) is 0.683. The summed E-state index contributed by atoms with van der Waals surface area (Å²) in [7, 11) is 0. The van der Waals surface area contributed by atoms with Gasteiger partial charge in [-0.1, -0.05) is 54.2 Å². The van der Waals surface area contributed by atoms with Gasteiger partial charge in [0.1, 0.15) is 0 Å². The largest absolute Gasteiger partial charge is 0.411 e. The zero-order chi connectivity index (χ0) is 14.5. The number of rotatable bonds is 4. The molecule has 0 aliphatic rings. The molecule has 0 saturated carbocycles. The normalized spacial score (nSPS) is 10.2. The van der Waals surface area contributed by atoms with Gasteiger partial charge in [-0.05, 0) is 17.7 Å². The van der Waals surface area contributed by atoms with Crippen molar-refractivity contribution in [1.29, 1.82) is 5.26 Å². The molecule has 3 aromatic rings. The second-order valence-corrected chi connectivity index (χ2v) is 5.23. The molecule has 0 bridgehead atoms. The lowest BCUT2D eigenvalue weighted by molar-refractivity contribution is 0.465. The second-order valence-electron chi connectivity index (χ2n) is 4.30. The van der Waals surface area contributed by atoms with Gasteiger partial charge in [-0.15, -0.1) is 10.2 Å². The van der Waals surface area contributed by atoms with Crippen molar-refractivity contribution in [1.82, 2.24) is 10.2 Å². The molecule has 2 aromatic carbocycles. The van der Waals surface area contributed by atoms with E-state index in [-0.39, 0.29) is 0 Å². The maximum Gasteiger partial charge on any atom is 0.277 e. The van der Waals surface area contributed by atoms with Gasteiger partial charge in [0.25, 0.3) is 5.22 Å². The Labute approximate surface area is 126 Å². The van der Waals surface area contributed by atoms with E-state index in [4.69, 9.17) is 9.68 Å². The van der Waals surface area contributed by atoms with Crippen molar-refractivity contribution < 1.29 is 4.42 Å². The van der Waals surface area contributed by atoms with Crippen molar-refractivity contribution >= 4 is 11.8 Å². The lowest BCUT2D eigenvalue weighted by Crippen LogP contribution is -1.83. The summed E-state index contributed by atoms with van der Waals surface area (Å²) < 4.78 is 5.62. The number of nitrogens with zero attached hydrogens (tertiary/aromatic N) is 3.